The molecule has 3 aromatic rings. The minimum absolute atomic E-state index is 0.192. The second kappa shape index (κ2) is 8.01. The van der Waals surface area contributed by atoms with E-state index in [1.165, 1.54) is 0 Å². The van der Waals surface area contributed by atoms with Gasteiger partial charge in [0.1, 0.15) is 12.3 Å². The molecule has 0 aliphatic carbocycles. The topological polar surface area (TPSA) is 114 Å². The van der Waals surface area contributed by atoms with Crippen LogP contribution in [0.5, 0.6) is 0 Å². The summed E-state index contributed by atoms with van der Waals surface area (Å²) in [5.74, 6) is 0.0719. The number of carbonyl (C=O) groups is 2. The van der Waals surface area contributed by atoms with Crippen molar-refractivity contribution in [3.63, 3.8) is 0 Å². The van der Waals surface area contributed by atoms with Crippen molar-refractivity contribution >= 4 is 23.2 Å². The van der Waals surface area contributed by atoms with Crippen molar-refractivity contribution in [2.45, 2.75) is 19.8 Å². The Kier molecular flexibility index (Phi) is 5.10. The normalized spacial score (nSPS) is 13.9. The molecule has 1 aliphatic heterocycles. The van der Waals surface area contributed by atoms with E-state index >= 15 is 0 Å². The van der Waals surface area contributed by atoms with Crippen molar-refractivity contribution in [2.24, 2.45) is 5.10 Å². The Balaban J connectivity index is 1.49. The average Bonchev–Trinajstić information content (AvgIpc) is 3.22. The standard InChI is InChI=1S/C20H18N6O3/c1-13-4-2-3-5-15(13)22-17(27)12-26-18(28)7-6-16(24-26)20-23-19(25-29-20)14-8-10-21-11-9-14/h2-5,8-11H,6-7,12H2,1H3,(H,22,27). The van der Waals surface area contributed by atoms with Crippen LogP contribution in [0.25, 0.3) is 11.4 Å². The maximum atomic E-state index is 12.4. The van der Waals surface area contributed by atoms with Gasteiger partial charge in [0.2, 0.25) is 17.6 Å². The maximum absolute atomic E-state index is 12.4. The third-order valence-electron chi connectivity index (χ3n) is 4.43. The van der Waals surface area contributed by atoms with E-state index in [0.29, 0.717) is 23.6 Å². The predicted octanol–water partition coefficient (Wildman–Crippen LogP) is 2.41. The SMILES string of the molecule is Cc1ccccc1NC(=O)CN1N=C(c2nc(-c3ccncc3)no2)CCC1=O. The second-order valence-corrected chi connectivity index (χ2v) is 6.52. The van der Waals surface area contributed by atoms with Crippen LogP contribution in [-0.4, -0.2) is 44.2 Å². The van der Waals surface area contributed by atoms with Crippen molar-refractivity contribution in [1.29, 1.82) is 0 Å². The number of nitrogens with one attached hydrogen (secondary N) is 1. The first-order valence-corrected chi connectivity index (χ1v) is 9.08. The van der Waals surface area contributed by atoms with Gasteiger partial charge in [-0.2, -0.15) is 10.1 Å². The summed E-state index contributed by atoms with van der Waals surface area (Å²) >= 11 is 0. The average molecular weight is 390 g/mol. The van der Waals surface area contributed by atoms with E-state index in [1.54, 1.807) is 30.6 Å². The van der Waals surface area contributed by atoms with E-state index < -0.39 is 0 Å². The van der Waals surface area contributed by atoms with E-state index in [0.717, 1.165) is 16.1 Å². The molecule has 0 atom stereocenters. The molecule has 0 saturated heterocycles. The smallest absolute Gasteiger partial charge is 0.274 e. The molecule has 1 aromatic carbocycles. The highest BCUT2D eigenvalue weighted by Crippen LogP contribution is 2.19. The summed E-state index contributed by atoms with van der Waals surface area (Å²) in [6.45, 7) is 1.70. The van der Waals surface area contributed by atoms with Gasteiger partial charge < -0.3 is 9.84 Å². The highest BCUT2D eigenvalue weighted by Gasteiger charge is 2.26. The molecule has 0 fully saturated rings. The summed E-state index contributed by atoms with van der Waals surface area (Å²) in [5.41, 5.74) is 2.87. The van der Waals surface area contributed by atoms with Crippen molar-refractivity contribution in [1.82, 2.24) is 20.1 Å². The van der Waals surface area contributed by atoms with Crippen LogP contribution < -0.4 is 5.32 Å². The minimum Gasteiger partial charge on any atom is -0.332 e. The lowest BCUT2D eigenvalue weighted by atomic mass is 10.1. The van der Waals surface area contributed by atoms with Gasteiger partial charge in [0.25, 0.3) is 5.89 Å². The quantitative estimate of drug-likeness (QED) is 0.716. The number of nitrogens with zero attached hydrogens (tertiary/aromatic N) is 5. The zero-order valence-electron chi connectivity index (χ0n) is 15.7. The van der Waals surface area contributed by atoms with Gasteiger partial charge in [0.05, 0.1) is 0 Å². The molecule has 9 heteroatoms. The number of rotatable bonds is 5. The molecule has 0 unspecified atom stereocenters. The molecule has 2 aromatic heterocycles. The summed E-state index contributed by atoms with van der Waals surface area (Å²) in [6, 6.07) is 11.0. The summed E-state index contributed by atoms with van der Waals surface area (Å²) < 4.78 is 5.31. The monoisotopic (exact) mass is 390 g/mol. The van der Waals surface area contributed by atoms with Gasteiger partial charge in [0.15, 0.2) is 0 Å². The van der Waals surface area contributed by atoms with E-state index in [1.807, 2.05) is 25.1 Å². The third kappa shape index (κ3) is 4.18. The van der Waals surface area contributed by atoms with E-state index in [2.05, 4.69) is 25.5 Å². The number of para-hydroxylation sites is 1. The number of hydrogen-bond donors (Lipinski definition) is 1. The predicted molar refractivity (Wildman–Crippen MR) is 105 cm³/mol. The Morgan fingerprint density at radius 2 is 1.97 bits per heavy atom. The molecular formula is C20H18N6O3. The summed E-state index contributed by atoms with van der Waals surface area (Å²) in [5, 5.41) is 12.2. The van der Waals surface area contributed by atoms with Crippen LogP contribution in [0.4, 0.5) is 5.69 Å². The first-order valence-electron chi connectivity index (χ1n) is 9.08. The fourth-order valence-corrected chi connectivity index (χ4v) is 2.88. The highest BCUT2D eigenvalue weighted by molar-refractivity contribution is 6.02. The van der Waals surface area contributed by atoms with E-state index in [-0.39, 0.29) is 30.7 Å². The van der Waals surface area contributed by atoms with Gasteiger partial charge in [-0.15, -0.1) is 0 Å². The van der Waals surface area contributed by atoms with Gasteiger partial charge in [0, 0.05) is 36.5 Å². The van der Waals surface area contributed by atoms with Crippen LogP contribution in [0.2, 0.25) is 0 Å². The lowest BCUT2D eigenvalue weighted by Crippen LogP contribution is -2.38. The van der Waals surface area contributed by atoms with Gasteiger partial charge in [-0.3, -0.25) is 14.6 Å². The number of amides is 2. The zero-order valence-corrected chi connectivity index (χ0v) is 15.7. The van der Waals surface area contributed by atoms with Crippen LogP contribution >= 0.6 is 0 Å². The first kappa shape index (κ1) is 18.5. The number of benzene rings is 1. The number of aromatic nitrogens is 3. The Bertz CT molecular complexity index is 1080. The van der Waals surface area contributed by atoms with Crippen LogP contribution in [-0.2, 0) is 9.59 Å². The lowest BCUT2D eigenvalue weighted by molar-refractivity contribution is -0.135. The summed E-state index contributed by atoms with van der Waals surface area (Å²) in [4.78, 5) is 32.9. The Morgan fingerprint density at radius 3 is 2.76 bits per heavy atom. The molecule has 1 N–H and O–H groups in total. The summed E-state index contributed by atoms with van der Waals surface area (Å²) in [6.07, 6.45) is 3.85. The molecule has 0 bridgehead atoms. The first-order chi connectivity index (χ1) is 14.1. The third-order valence-corrected chi connectivity index (χ3v) is 4.43. The molecule has 3 heterocycles. The second-order valence-electron chi connectivity index (χ2n) is 6.52. The Labute approximate surface area is 166 Å². The Hall–Kier alpha value is -3.88. The molecule has 146 valence electrons. The largest absolute Gasteiger partial charge is 0.332 e. The van der Waals surface area contributed by atoms with Gasteiger partial charge in [-0.1, -0.05) is 23.4 Å². The number of hydrogen-bond acceptors (Lipinski definition) is 7. The van der Waals surface area contributed by atoms with Gasteiger partial charge in [-0.25, -0.2) is 5.01 Å². The molecule has 9 nitrogen and oxygen atoms in total. The summed E-state index contributed by atoms with van der Waals surface area (Å²) in [7, 11) is 0. The fraction of sp³-hybridized carbons (Fsp3) is 0.200. The van der Waals surface area contributed by atoms with E-state index in [4.69, 9.17) is 4.52 Å². The maximum Gasteiger partial charge on any atom is 0.274 e. The fourth-order valence-electron chi connectivity index (χ4n) is 2.88. The molecule has 29 heavy (non-hydrogen) atoms. The number of anilines is 1. The Morgan fingerprint density at radius 1 is 1.17 bits per heavy atom. The molecule has 4 rings (SSSR count). The van der Waals surface area contributed by atoms with Crippen molar-refractivity contribution in [3.8, 4) is 11.4 Å². The number of aryl methyl sites for hydroxylation is 1. The zero-order chi connectivity index (χ0) is 20.2. The van der Waals surface area contributed by atoms with Crippen LogP contribution in [0, 0.1) is 6.92 Å². The van der Waals surface area contributed by atoms with Crippen molar-refractivity contribution in [2.75, 3.05) is 11.9 Å². The lowest BCUT2D eigenvalue weighted by Gasteiger charge is -2.22. The molecule has 0 saturated carbocycles. The van der Waals surface area contributed by atoms with Crippen molar-refractivity contribution < 1.29 is 14.1 Å². The number of hydrazone groups is 1. The van der Waals surface area contributed by atoms with Gasteiger partial charge in [-0.05, 0) is 30.7 Å². The van der Waals surface area contributed by atoms with Crippen LogP contribution in [0.3, 0.4) is 0 Å². The molecule has 0 radical (unpaired) electrons. The molecule has 2 amide bonds. The van der Waals surface area contributed by atoms with Crippen LogP contribution in [0.1, 0.15) is 24.3 Å². The van der Waals surface area contributed by atoms with E-state index in [9.17, 15) is 9.59 Å². The minimum atomic E-state index is -0.333. The van der Waals surface area contributed by atoms with Crippen LogP contribution in [0.15, 0.2) is 58.4 Å². The molecule has 1 aliphatic rings. The van der Waals surface area contributed by atoms with Crippen molar-refractivity contribution in [3.05, 3.63) is 60.2 Å². The number of carbonyl (C=O) groups excluding carboxylic acids is 2. The molecular weight excluding hydrogens is 372 g/mol. The van der Waals surface area contributed by atoms with Gasteiger partial charge >= 0.3 is 0 Å². The molecule has 0 spiro atoms. The number of pyridine rings is 1. The highest BCUT2D eigenvalue weighted by atomic mass is 16.5.